The van der Waals surface area contributed by atoms with Gasteiger partial charge in [-0.05, 0) is 75.1 Å². The minimum absolute atomic E-state index is 0.130. The van der Waals surface area contributed by atoms with Crippen LogP contribution in [0.1, 0.15) is 43.9 Å². The second-order valence-corrected chi connectivity index (χ2v) is 9.01. The summed E-state index contributed by atoms with van der Waals surface area (Å²) in [6, 6.07) is 5.97. The number of aryl methyl sites for hydroxylation is 1. The lowest BCUT2D eigenvalue weighted by Crippen LogP contribution is -2.53. The van der Waals surface area contributed by atoms with Crippen molar-refractivity contribution in [3.63, 3.8) is 0 Å². The number of nitrogens with zero attached hydrogens (tertiary/aromatic N) is 2. The molecule has 1 aliphatic carbocycles. The van der Waals surface area contributed by atoms with Crippen LogP contribution in [-0.4, -0.2) is 35.6 Å². The van der Waals surface area contributed by atoms with E-state index in [1.807, 2.05) is 6.92 Å². The molecule has 152 valence electrons. The van der Waals surface area contributed by atoms with Crippen LogP contribution >= 0.6 is 11.6 Å². The number of fused-ring (bicyclic) bond motifs is 2. The fraction of sp³-hybridized carbons (Fsp3) is 0.500. The van der Waals surface area contributed by atoms with Gasteiger partial charge >= 0.3 is 6.03 Å². The van der Waals surface area contributed by atoms with Crippen LogP contribution in [0.15, 0.2) is 18.2 Å². The van der Waals surface area contributed by atoms with Crippen molar-refractivity contribution < 1.29 is 9.59 Å². The number of carbonyl (C=O) groups excluding carboxylic acids is 2. The molecule has 2 aromatic rings. The van der Waals surface area contributed by atoms with Crippen molar-refractivity contribution in [2.24, 2.45) is 5.92 Å². The third-order valence-electron chi connectivity index (χ3n) is 6.93. The molecule has 2 fully saturated rings. The van der Waals surface area contributed by atoms with Crippen molar-refractivity contribution in [3.05, 3.63) is 34.5 Å². The van der Waals surface area contributed by atoms with Gasteiger partial charge in [0.2, 0.25) is 0 Å². The number of nitrogens with one attached hydrogen (secondary N) is 2. The lowest BCUT2D eigenvalue weighted by atomic mass is 9.79. The topological polar surface area (TPSA) is 74.3 Å². The molecule has 0 spiro atoms. The second kappa shape index (κ2) is 6.87. The van der Waals surface area contributed by atoms with Gasteiger partial charge in [0, 0.05) is 29.9 Å². The van der Waals surface area contributed by atoms with E-state index in [1.165, 1.54) is 18.4 Å². The minimum Gasteiger partial charge on any atom is -0.371 e. The average molecular weight is 413 g/mol. The summed E-state index contributed by atoms with van der Waals surface area (Å²) >= 11 is 6.70. The summed E-state index contributed by atoms with van der Waals surface area (Å²) in [5, 5.41) is 7.09. The Morgan fingerprint density at radius 1 is 1.17 bits per heavy atom. The van der Waals surface area contributed by atoms with Gasteiger partial charge in [0.1, 0.15) is 5.54 Å². The highest BCUT2D eigenvalue weighted by Crippen LogP contribution is 2.36. The number of carbonyl (C=O) groups is 2. The fourth-order valence-electron chi connectivity index (χ4n) is 5.11. The van der Waals surface area contributed by atoms with Gasteiger partial charge in [-0.25, -0.2) is 4.79 Å². The van der Waals surface area contributed by atoms with E-state index in [0.29, 0.717) is 0 Å². The third-order valence-corrected chi connectivity index (χ3v) is 7.36. The minimum atomic E-state index is -0.805. The maximum absolute atomic E-state index is 12.2. The highest BCUT2D eigenvalue weighted by atomic mass is 35.5. The molecular formula is C22H25ClN4O2. The Morgan fingerprint density at radius 2 is 1.93 bits per heavy atom. The number of rotatable bonds is 2. The van der Waals surface area contributed by atoms with Crippen molar-refractivity contribution in [3.8, 4) is 0 Å². The van der Waals surface area contributed by atoms with Crippen LogP contribution in [0.2, 0.25) is 5.02 Å². The number of urea groups is 1. The van der Waals surface area contributed by atoms with E-state index in [0.717, 1.165) is 66.1 Å². The number of hydrogen-bond acceptors (Lipinski definition) is 4. The van der Waals surface area contributed by atoms with Crippen LogP contribution in [0.25, 0.3) is 10.9 Å². The first-order valence-electron chi connectivity index (χ1n) is 10.5. The Balaban J connectivity index is 1.37. The van der Waals surface area contributed by atoms with Crippen molar-refractivity contribution in [2.45, 2.75) is 51.0 Å². The average Bonchev–Trinajstić information content (AvgIpc) is 3.00. The second-order valence-electron chi connectivity index (χ2n) is 8.63. The highest BCUT2D eigenvalue weighted by molar-refractivity contribution is 6.36. The number of halogens is 1. The highest BCUT2D eigenvalue weighted by Gasteiger charge is 2.48. The van der Waals surface area contributed by atoms with E-state index in [-0.39, 0.29) is 17.9 Å². The van der Waals surface area contributed by atoms with Gasteiger partial charge in [0.15, 0.2) is 0 Å². The SMILES string of the molecule is CC1(C2CCN(c3ccc4c(Cl)c5c(nc4c3)CCCC5)CC2)NC(=O)NC1=O. The zero-order chi connectivity index (χ0) is 20.2. The molecule has 1 aromatic carbocycles. The molecule has 1 aromatic heterocycles. The summed E-state index contributed by atoms with van der Waals surface area (Å²) in [7, 11) is 0. The van der Waals surface area contributed by atoms with E-state index in [2.05, 4.69) is 33.7 Å². The van der Waals surface area contributed by atoms with Gasteiger partial charge in [-0.15, -0.1) is 0 Å². The molecule has 29 heavy (non-hydrogen) atoms. The summed E-state index contributed by atoms with van der Waals surface area (Å²) in [5.41, 5.74) is 3.68. The van der Waals surface area contributed by atoms with Crippen LogP contribution < -0.4 is 15.5 Å². The van der Waals surface area contributed by atoms with Gasteiger partial charge in [0.05, 0.1) is 10.5 Å². The zero-order valence-corrected chi connectivity index (χ0v) is 17.3. The van der Waals surface area contributed by atoms with E-state index < -0.39 is 5.54 Å². The van der Waals surface area contributed by atoms with Crippen LogP contribution in [0.5, 0.6) is 0 Å². The summed E-state index contributed by atoms with van der Waals surface area (Å²) < 4.78 is 0. The lowest BCUT2D eigenvalue weighted by molar-refractivity contribution is -0.125. The summed E-state index contributed by atoms with van der Waals surface area (Å²) in [6.07, 6.45) is 6.09. The van der Waals surface area contributed by atoms with E-state index in [1.54, 1.807) is 0 Å². The van der Waals surface area contributed by atoms with Gasteiger partial charge in [-0.2, -0.15) is 0 Å². The molecule has 2 N–H and O–H groups in total. The quantitative estimate of drug-likeness (QED) is 0.739. The molecule has 3 amide bonds. The number of piperidine rings is 1. The van der Waals surface area contributed by atoms with Gasteiger partial charge in [-0.3, -0.25) is 15.1 Å². The van der Waals surface area contributed by atoms with Crippen molar-refractivity contribution >= 4 is 40.1 Å². The molecule has 5 rings (SSSR count). The van der Waals surface area contributed by atoms with Gasteiger partial charge < -0.3 is 10.2 Å². The molecule has 2 saturated heterocycles. The molecule has 7 heteroatoms. The van der Waals surface area contributed by atoms with E-state index in [9.17, 15) is 9.59 Å². The van der Waals surface area contributed by atoms with Gasteiger partial charge in [-0.1, -0.05) is 11.6 Å². The molecule has 3 heterocycles. The molecule has 6 nitrogen and oxygen atoms in total. The first kappa shape index (κ1) is 18.7. The number of hydrogen-bond donors (Lipinski definition) is 2. The number of anilines is 1. The third kappa shape index (κ3) is 3.05. The van der Waals surface area contributed by atoms with Crippen molar-refractivity contribution in [1.82, 2.24) is 15.6 Å². The van der Waals surface area contributed by atoms with Crippen LogP contribution in [0, 0.1) is 5.92 Å². The molecule has 2 aliphatic heterocycles. The number of pyridine rings is 1. The standard InChI is InChI=1S/C22H25ClN4O2/c1-22(20(28)25-21(29)26-22)13-8-10-27(11-9-13)14-6-7-16-18(12-14)24-17-5-3-2-4-15(17)19(16)23/h6-7,12-13H,2-5,8-11H2,1H3,(H2,25,26,28,29). The van der Waals surface area contributed by atoms with Crippen molar-refractivity contribution in [2.75, 3.05) is 18.0 Å². The Labute approximate surface area is 175 Å². The zero-order valence-electron chi connectivity index (χ0n) is 16.6. The summed E-state index contributed by atoms with van der Waals surface area (Å²) in [6.45, 7) is 3.51. The lowest BCUT2D eigenvalue weighted by Gasteiger charge is -2.39. The molecule has 0 radical (unpaired) electrons. The molecule has 3 aliphatic rings. The molecule has 0 bridgehead atoms. The Hall–Kier alpha value is -2.34. The van der Waals surface area contributed by atoms with Crippen LogP contribution in [0.3, 0.4) is 0 Å². The van der Waals surface area contributed by atoms with Crippen molar-refractivity contribution in [1.29, 1.82) is 0 Å². The molecule has 0 saturated carbocycles. The smallest absolute Gasteiger partial charge is 0.322 e. The molecule has 1 atom stereocenters. The summed E-state index contributed by atoms with van der Waals surface area (Å²) in [5.74, 6) is -0.0829. The van der Waals surface area contributed by atoms with Crippen LogP contribution in [-0.2, 0) is 17.6 Å². The Kier molecular flexibility index (Phi) is 4.42. The summed E-state index contributed by atoms with van der Waals surface area (Å²) in [4.78, 5) is 31.1. The van der Waals surface area contributed by atoms with E-state index in [4.69, 9.17) is 16.6 Å². The molecule has 1 unspecified atom stereocenters. The number of imide groups is 1. The van der Waals surface area contributed by atoms with Gasteiger partial charge in [0.25, 0.3) is 5.91 Å². The number of benzene rings is 1. The maximum atomic E-state index is 12.2. The van der Waals surface area contributed by atoms with E-state index >= 15 is 0 Å². The molecular weight excluding hydrogens is 388 g/mol. The number of aromatic nitrogens is 1. The van der Waals surface area contributed by atoms with Crippen LogP contribution in [0.4, 0.5) is 10.5 Å². The Bertz CT molecular complexity index is 1020. The normalized spacial score (nSPS) is 25.1. The fourth-order valence-corrected chi connectivity index (χ4v) is 5.47. The largest absolute Gasteiger partial charge is 0.371 e. The monoisotopic (exact) mass is 412 g/mol. The first-order chi connectivity index (χ1) is 14.0. The predicted molar refractivity (Wildman–Crippen MR) is 113 cm³/mol. The predicted octanol–water partition coefficient (Wildman–Crippen LogP) is 3.58. The maximum Gasteiger partial charge on any atom is 0.322 e. The Morgan fingerprint density at radius 3 is 2.66 bits per heavy atom. The first-order valence-corrected chi connectivity index (χ1v) is 10.8. The number of amides is 3.